The second-order valence-electron chi connectivity index (χ2n) is 10.2. The van der Waals surface area contributed by atoms with Gasteiger partial charge in [0.1, 0.15) is 12.2 Å². The maximum Gasteiger partial charge on any atom is 0.190 e. The molecular weight excluding hydrogens is 419 g/mol. The highest BCUT2D eigenvalue weighted by Crippen LogP contribution is 2.70. The lowest BCUT2D eigenvalue weighted by Crippen LogP contribution is -2.69. The van der Waals surface area contributed by atoms with E-state index in [9.17, 15) is 24.9 Å². The topological polar surface area (TPSA) is 135 Å². The molecule has 4 aliphatic carbocycles. The lowest BCUT2D eigenvalue weighted by Gasteiger charge is -2.62. The molecule has 32 heavy (non-hydrogen) atoms. The lowest BCUT2D eigenvalue weighted by atomic mass is 9.44. The first kappa shape index (κ1) is 25.2. The van der Waals surface area contributed by atoms with E-state index in [0.717, 1.165) is 0 Å². The molecule has 0 aromatic rings. The number of hydrogen-bond donors (Lipinski definition) is 5. The molecule has 0 aromatic carbocycles. The van der Waals surface area contributed by atoms with Crippen LogP contribution in [0.1, 0.15) is 46.5 Å². The van der Waals surface area contributed by atoms with Gasteiger partial charge >= 0.3 is 0 Å². The van der Waals surface area contributed by atoms with E-state index in [1.165, 1.54) is 12.2 Å². The second kappa shape index (κ2) is 8.40. The van der Waals surface area contributed by atoms with Gasteiger partial charge in [-0.3, -0.25) is 9.59 Å². The van der Waals surface area contributed by atoms with Crippen LogP contribution >= 0.6 is 0 Å². The fraction of sp³-hybridized carbons (Fsp3) is 0.750. The van der Waals surface area contributed by atoms with Crippen molar-refractivity contribution in [2.24, 2.45) is 28.6 Å². The van der Waals surface area contributed by atoms with E-state index in [1.54, 1.807) is 26.8 Å². The fourth-order valence-corrected chi connectivity index (χ4v) is 7.26. The van der Waals surface area contributed by atoms with E-state index >= 15 is 4.39 Å². The van der Waals surface area contributed by atoms with Crippen LogP contribution in [0.5, 0.6) is 0 Å². The molecule has 0 spiro atoms. The summed E-state index contributed by atoms with van der Waals surface area (Å²) in [4.78, 5) is 24.4. The molecule has 0 aromatic heterocycles. The van der Waals surface area contributed by atoms with Crippen LogP contribution in [-0.4, -0.2) is 74.3 Å². The number of fused-ring (bicyclic) bond motifs is 5. The Bertz CT molecular complexity index is 838. The third-order valence-corrected chi connectivity index (χ3v) is 8.89. The van der Waals surface area contributed by atoms with Gasteiger partial charge < -0.3 is 25.5 Å². The number of halogens is 1. The number of aliphatic hydroxyl groups excluding tert-OH is 4. The molecule has 3 saturated carbocycles. The summed E-state index contributed by atoms with van der Waals surface area (Å²) in [5, 5.41) is 47.2. The highest BCUT2D eigenvalue weighted by molar-refractivity contribution is 6.01. The van der Waals surface area contributed by atoms with Crippen molar-refractivity contribution in [1.29, 1.82) is 0 Å². The summed E-state index contributed by atoms with van der Waals surface area (Å²) < 4.78 is 16.9. The molecular formula is C24H35FO7. The number of carbonyl (C=O) groups is 2. The average molecular weight is 455 g/mol. The predicted octanol–water partition coefficient (Wildman–Crippen LogP) is 0.867. The smallest absolute Gasteiger partial charge is 0.190 e. The Morgan fingerprint density at radius 2 is 1.81 bits per heavy atom. The quantitative estimate of drug-likeness (QED) is 0.427. The number of alkyl halides is 1. The third kappa shape index (κ3) is 3.10. The van der Waals surface area contributed by atoms with Crippen LogP contribution in [0.3, 0.4) is 0 Å². The number of carbonyl (C=O) groups excluding carboxylic acids is 2. The highest BCUT2D eigenvalue weighted by Gasteiger charge is 2.75. The molecule has 4 aliphatic rings. The van der Waals surface area contributed by atoms with E-state index in [1.807, 2.05) is 0 Å². The van der Waals surface area contributed by atoms with Crippen molar-refractivity contribution in [1.82, 2.24) is 0 Å². The zero-order valence-corrected chi connectivity index (χ0v) is 18.9. The molecule has 0 radical (unpaired) electrons. The van der Waals surface area contributed by atoms with Gasteiger partial charge in [0.15, 0.2) is 17.2 Å². The van der Waals surface area contributed by atoms with Gasteiger partial charge in [-0.05, 0) is 56.6 Å². The monoisotopic (exact) mass is 454 g/mol. The van der Waals surface area contributed by atoms with Gasteiger partial charge in [-0.2, -0.15) is 0 Å². The summed E-state index contributed by atoms with van der Waals surface area (Å²) in [7, 11) is 0. The van der Waals surface area contributed by atoms with Crippen LogP contribution in [0.2, 0.25) is 0 Å². The predicted molar refractivity (Wildman–Crippen MR) is 114 cm³/mol. The molecule has 0 bridgehead atoms. The lowest BCUT2D eigenvalue weighted by molar-refractivity contribution is -0.219. The maximum atomic E-state index is 16.9. The molecule has 0 aliphatic heterocycles. The summed E-state index contributed by atoms with van der Waals surface area (Å²) in [5.41, 5.74) is -5.17. The number of hydrogen-bond acceptors (Lipinski definition) is 7. The molecule has 0 unspecified atom stereocenters. The minimum absolute atomic E-state index is 0.0676. The molecule has 8 heteroatoms. The van der Waals surface area contributed by atoms with E-state index in [4.69, 9.17) is 10.2 Å². The summed E-state index contributed by atoms with van der Waals surface area (Å²) in [6, 6.07) is 0. The van der Waals surface area contributed by atoms with E-state index in [-0.39, 0.29) is 31.3 Å². The maximum absolute atomic E-state index is 16.9. The molecule has 0 heterocycles. The largest absolute Gasteiger partial charge is 0.394 e. The van der Waals surface area contributed by atoms with Crippen molar-refractivity contribution in [3.63, 3.8) is 0 Å². The minimum atomic E-state index is -1.98. The normalized spacial score (nSPS) is 46.9. The van der Waals surface area contributed by atoms with Crippen LogP contribution in [0, 0.1) is 28.6 Å². The van der Waals surface area contributed by atoms with E-state index in [0.29, 0.717) is 24.8 Å². The number of allylic oxidation sites excluding steroid dienone is 4. The Morgan fingerprint density at radius 3 is 2.38 bits per heavy atom. The Hall–Kier alpha value is -1.45. The summed E-state index contributed by atoms with van der Waals surface area (Å²) in [6.07, 6.45) is 4.44. The van der Waals surface area contributed by atoms with Gasteiger partial charge in [0, 0.05) is 16.7 Å². The van der Waals surface area contributed by atoms with Crippen LogP contribution < -0.4 is 0 Å². The minimum Gasteiger partial charge on any atom is -0.394 e. The van der Waals surface area contributed by atoms with Crippen molar-refractivity contribution >= 4 is 11.6 Å². The zero-order chi connectivity index (χ0) is 24.1. The standard InChI is InChI=1S/C22H29FO5.C2H6O2/c1-12-8-16-15-5-4-13-9-14(25)6-7-19(13,2)21(15,23)17(26)10-20(16,3)22(12,28)18(27)11-24;3-1-2-4/h6-7,9,12,15-17,24,26,28H,4-5,8,10-11H2,1-3H3;3-4H,1-2H2/t12-,15-,16-,17-,19-,20-,21-,22-;/m0./s1. The van der Waals surface area contributed by atoms with E-state index in [2.05, 4.69) is 0 Å². The van der Waals surface area contributed by atoms with Gasteiger partial charge in [0.05, 0.1) is 19.3 Å². The number of aliphatic hydroxyl groups is 5. The van der Waals surface area contributed by atoms with E-state index < -0.39 is 52.4 Å². The van der Waals surface area contributed by atoms with Crippen LogP contribution in [0.25, 0.3) is 0 Å². The van der Waals surface area contributed by atoms with Crippen molar-refractivity contribution in [2.45, 2.75) is 63.8 Å². The van der Waals surface area contributed by atoms with Crippen molar-refractivity contribution < 1.29 is 39.5 Å². The first-order chi connectivity index (χ1) is 14.9. The van der Waals surface area contributed by atoms with Gasteiger partial charge in [0.2, 0.25) is 0 Å². The van der Waals surface area contributed by atoms with Crippen LogP contribution in [0.4, 0.5) is 4.39 Å². The van der Waals surface area contributed by atoms with Gasteiger partial charge in [0.25, 0.3) is 0 Å². The number of ketones is 2. The SMILES string of the molecule is C[C@H]1C[C@H]2[C@@H]3CCC4=CC(=O)C=C[C@]4(C)[C@@]3(F)[C@@H](O)C[C@]2(C)[C@@]1(O)C(=O)CO.OCCO. The molecule has 8 atom stereocenters. The Labute approximate surface area is 187 Å². The summed E-state index contributed by atoms with van der Waals surface area (Å²) >= 11 is 0. The van der Waals surface area contributed by atoms with Crippen molar-refractivity contribution in [3.8, 4) is 0 Å². The van der Waals surface area contributed by atoms with Crippen LogP contribution in [0.15, 0.2) is 23.8 Å². The Morgan fingerprint density at radius 1 is 1.19 bits per heavy atom. The molecule has 4 rings (SSSR count). The highest BCUT2D eigenvalue weighted by atomic mass is 19.1. The van der Waals surface area contributed by atoms with Crippen molar-refractivity contribution in [3.05, 3.63) is 23.8 Å². The fourth-order valence-electron chi connectivity index (χ4n) is 7.26. The third-order valence-electron chi connectivity index (χ3n) is 8.89. The zero-order valence-electron chi connectivity index (χ0n) is 18.9. The van der Waals surface area contributed by atoms with Crippen LogP contribution in [-0.2, 0) is 9.59 Å². The molecule has 0 amide bonds. The molecule has 3 fully saturated rings. The first-order valence-corrected chi connectivity index (χ1v) is 11.3. The molecule has 5 N–H and O–H groups in total. The van der Waals surface area contributed by atoms with Gasteiger partial charge in [-0.25, -0.2) is 4.39 Å². The first-order valence-electron chi connectivity index (χ1n) is 11.3. The summed E-state index contributed by atoms with van der Waals surface area (Å²) in [6.45, 7) is 4.23. The molecule has 7 nitrogen and oxygen atoms in total. The molecule has 0 saturated heterocycles. The Kier molecular flexibility index (Phi) is 6.61. The second-order valence-corrected chi connectivity index (χ2v) is 10.2. The summed E-state index contributed by atoms with van der Waals surface area (Å²) in [5.74, 6) is -2.12. The van der Waals surface area contributed by atoms with Crippen molar-refractivity contribution in [2.75, 3.05) is 19.8 Å². The number of Topliss-reactive ketones (excluding diaryl/α,β-unsaturated/α-hetero) is 1. The Balaban J connectivity index is 0.000000668. The molecule has 180 valence electrons. The van der Waals surface area contributed by atoms with Gasteiger partial charge in [-0.15, -0.1) is 0 Å². The average Bonchev–Trinajstić information content (AvgIpc) is 2.96. The van der Waals surface area contributed by atoms with Gasteiger partial charge in [-0.1, -0.05) is 25.5 Å². The number of rotatable bonds is 3.